The van der Waals surface area contributed by atoms with Gasteiger partial charge in [-0.1, -0.05) is 18.2 Å². The van der Waals surface area contributed by atoms with Crippen molar-refractivity contribution < 1.29 is 14.8 Å². The van der Waals surface area contributed by atoms with Crippen molar-refractivity contribution in [2.45, 2.75) is 12.2 Å². The molecule has 2 aromatic rings. The molecule has 1 aliphatic rings. The van der Waals surface area contributed by atoms with Gasteiger partial charge in [-0.15, -0.1) is 0 Å². The second-order valence-corrected chi connectivity index (χ2v) is 5.98. The van der Waals surface area contributed by atoms with Crippen molar-refractivity contribution in [3.63, 3.8) is 0 Å². The summed E-state index contributed by atoms with van der Waals surface area (Å²) in [5, 5.41) is 22.5. The summed E-state index contributed by atoms with van der Waals surface area (Å²) in [6.45, 7) is 0.530. The lowest BCUT2D eigenvalue weighted by molar-refractivity contribution is -0.385. The molecule has 0 saturated carbocycles. The van der Waals surface area contributed by atoms with Crippen LogP contribution >= 0.6 is 0 Å². The minimum atomic E-state index is -1.29. The summed E-state index contributed by atoms with van der Waals surface area (Å²) >= 11 is 0. The van der Waals surface area contributed by atoms with E-state index in [9.17, 15) is 15.2 Å². The molecule has 1 N–H and O–H groups in total. The summed E-state index contributed by atoms with van der Waals surface area (Å²) in [4.78, 5) is 12.5. The molecule has 0 spiro atoms. The Morgan fingerprint density at radius 1 is 1.26 bits per heavy atom. The van der Waals surface area contributed by atoms with Crippen molar-refractivity contribution in [1.29, 1.82) is 0 Å². The number of para-hydroxylation sites is 1. The topological polar surface area (TPSA) is 75.8 Å². The zero-order chi connectivity index (χ0) is 16.6. The maximum Gasteiger partial charge on any atom is 0.269 e. The summed E-state index contributed by atoms with van der Waals surface area (Å²) in [5.74, 6) is 0.593. The molecule has 2 aromatic carbocycles. The van der Waals surface area contributed by atoms with E-state index in [1.165, 1.54) is 12.1 Å². The Kier molecular flexibility index (Phi) is 3.79. The van der Waals surface area contributed by atoms with Gasteiger partial charge in [0.05, 0.1) is 4.92 Å². The Labute approximate surface area is 134 Å². The molecule has 1 heterocycles. The van der Waals surface area contributed by atoms with Crippen LogP contribution in [0.1, 0.15) is 16.7 Å². The van der Waals surface area contributed by atoms with Gasteiger partial charge < -0.3 is 14.7 Å². The fraction of sp³-hybridized carbons (Fsp3) is 0.294. The first-order chi connectivity index (χ1) is 10.9. The predicted octanol–water partition coefficient (Wildman–Crippen LogP) is 2.28. The van der Waals surface area contributed by atoms with Gasteiger partial charge in [-0.05, 0) is 31.8 Å². The maximum atomic E-state index is 11.5. The molecule has 0 saturated heterocycles. The Morgan fingerprint density at radius 3 is 2.70 bits per heavy atom. The van der Waals surface area contributed by atoms with Crippen molar-refractivity contribution in [1.82, 2.24) is 4.90 Å². The van der Waals surface area contributed by atoms with Crippen molar-refractivity contribution in [2.75, 3.05) is 20.6 Å². The van der Waals surface area contributed by atoms with Gasteiger partial charge >= 0.3 is 0 Å². The molecular formula is C17H18N2O4. The number of rotatable bonds is 3. The SMILES string of the molecule is CN(C)CC1(O)c2ccc([N+](=O)[O-])cc2COc2ccccc21. The number of nitro benzene ring substituents is 1. The molecule has 1 aliphatic heterocycles. The third-order valence-corrected chi connectivity index (χ3v) is 4.01. The number of ether oxygens (including phenoxy) is 1. The van der Waals surface area contributed by atoms with Crippen LogP contribution in [-0.4, -0.2) is 35.6 Å². The third-order valence-electron chi connectivity index (χ3n) is 4.01. The first-order valence-electron chi connectivity index (χ1n) is 7.29. The number of non-ortho nitro benzene ring substituents is 1. The third kappa shape index (κ3) is 2.67. The number of aliphatic hydroxyl groups is 1. The quantitative estimate of drug-likeness (QED) is 0.695. The van der Waals surface area contributed by atoms with Gasteiger partial charge in [-0.2, -0.15) is 0 Å². The number of nitrogens with zero attached hydrogens (tertiary/aromatic N) is 2. The predicted molar refractivity (Wildman–Crippen MR) is 85.4 cm³/mol. The van der Waals surface area contributed by atoms with Crippen LogP contribution in [-0.2, 0) is 12.2 Å². The minimum absolute atomic E-state index is 0.00879. The van der Waals surface area contributed by atoms with E-state index in [2.05, 4.69) is 0 Å². The molecule has 1 atom stereocenters. The summed E-state index contributed by atoms with van der Waals surface area (Å²) in [6, 6.07) is 11.8. The van der Waals surface area contributed by atoms with Gasteiger partial charge in [0.15, 0.2) is 0 Å². The van der Waals surface area contributed by atoms with Gasteiger partial charge in [0.1, 0.15) is 18.0 Å². The zero-order valence-corrected chi connectivity index (χ0v) is 13.0. The highest BCUT2D eigenvalue weighted by atomic mass is 16.6. The Morgan fingerprint density at radius 2 is 2.00 bits per heavy atom. The van der Waals surface area contributed by atoms with E-state index in [4.69, 9.17) is 4.74 Å². The number of fused-ring (bicyclic) bond motifs is 2. The van der Waals surface area contributed by atoms with Crippen LogP contribution in [0.4, 0.5) is 5.69 Å². The number of hydrogen-bond acceptors (Lipinski definition) is 5. The standard InChI is InChI=1S/C17H18N2O4/c1-18(2)11-17(20)14-8-7-13(19(21)22)9-12(14)10-23-16-6-4-3-5-15(16)17/h3-9,20H,10-11H2,1-2H3. The van der Waals surface area contributed by atoms with E-state index >= 15 is 0 Å². The largest absolute Gasteiger partial charge is 0.488 e. The molecule has 0 aromatic heterocycles. The van der Waals surface area contributed by atoms with Crippen molar-refractivity contribution in [2.24, 2.45) is 0 Å². The summed E-state index contributed by atoms with van der Waals surface area (Å²) in [7, 11) is 3.74. The molecule has 0 radical (unpaired) electrons. The van der Waals surface area contributed by atoms with E-state index in [-0.39, 0.29) is 12.3 Å². The Balaban J connectivity index is 2.22. The average molecular weight is 314 g/mol. The smallest absolute Gasteiger partial charge is 0.269 e. The van der Waals surface area contributed by atoms with Crippen molar-refractivity contribution in [3.8, 4) is 5.75 Å². The van der Waals surface area contributed by atoms with Crippen molar-refractivity contribution >= 4 is 5.69 Å². The van der Waals surface area contributed by atoms with E-state index in [1.54, 1.807) is 12.1 Å². The molecule has 1 unspecified atom stereocenters. The van der Waals surface area contributed by atoms with Gasteiger partial charge in [0, 0.05) is 29.8 Å². The van der Waals surface area contributed by atoms with Crippen LogP contribution in [0, 0.1) is 10.1 Å². The molecule has 0 aliphatic carbocycles. The lowest BCUT2D eigenvalue weighted by Gasteiger charge is -2.32. The Bertz CT molecular complexity index is 760. The summed E-state index contributed by atoms with van der Waals surface area (Å²) < 4.78 is 5.79. The fourth-order valence-corrected chi connectivity index (χ4v) is 3.08. The molecule has 0 fully saturated rings. The molecule has 23 heavy (non-hydrogen) atoms. The maximum absolute atomic E-state index is 11.5. The summed E-state index contributed by atoms with van der Waals surface area (Å²) in [6.07, 6.45) is 0. The van der Waals surface area contributed by atoms with E-state index in [1.807, 2.05) is 37.2 Å². The van der Waals surface area contributed by atoms with Crippen LogP contribution in [0.15, 0.2) is 42.5 Å². The second kappa shape index (κ2) is 5.64. The van der Waals surface area contributed by atoms with Crippen LogP contribution in [0.3, 0.4) is 0 Å². The van der Waals surface area contributed by atoms with Gasteiger partial charge in [-0.3, -0.25) is 10.1 Å². The highest BCUT2D eigenvalue weighted by Crippen LogP contribution is 2.41. The zero-order valence-electron chi connectivity index (χ0n) is 13.0. The molecular weight excluding hydrogens is 296 g/mol. The van der Waals surface area contributed by atoms with Crippen LogP contribution in [0.25, 0.3) is 0 Å². The summed E-state index contributed by atoms with van der Waals surface area (Å²) in [5.41, 5.74) is 0.634. The van der Waals surface area contributed by atoms with E-state index in [0.29, 0.717) is 29.0 Å². The first-order valence-corrected chi connectivity index (χ1v) is 7.29. The van der Waals surface area contributed by atoms with Gasteiger partial charge in [-0.25, -0.2) is 0 Å². The number of likely N-dealkylation sites (N-methyl/N-ethyl adjacent to an activating group) is 1. The average Bonchev–Trinajstić information content (AvgIpc) is 2.62. The highest BCUT2D eigenvalue weighted by Gasteiger charge is 2.39. The number of nitro groups is 1. The van der Waals surface area contributed by atoms with Crippen molar-refractivity contribution in [3.05, 3.63) is 69.3 Å². The molecule has 0 amide bonds. The van der Waals surface area contributed by atoms with Gasteiger partial charge in [0.2, 0.25) is 0 Å². The van der Waals surface area contributed by atoms with E-state index < -0.39 is 10.5 Å². The van der Waals surface area contributed by atoms with E-state index in [0.717, 1.165) is 0 Å². The highest BCUT2D eigenvalue weighted by molar-refractivity contribution is 5.52. The normalized spacial score (nSPS) is 19.5. The second-order valence-electron chi connectivity index (χ2n) is 5.98. The minimum Gasteiger partial charge on any atom is -0.488 e. The lowest BCUT2D eigenvalue weighted by atomic mass is 9.83. The van der Waals surface area contributed by atoms with Crippen LogP contribution in [0.5, 0.6) is 5.75 Å². The van der Waals surface area contributed by atoms with Gasteiger partial charge in [0.25, 0.3) is 5.69 Å². The first kappa shape index (κ1) is 15.5. The number of benzene rings is 2. The molecule has 6 nitrogen and oxygen atoms in total. The molecule has 3 rings (SSSR count). The Hall–Kier alpha value is -2.44. The lowest BCUT2D eigenvalue weighted by Crippen LogP contribution is -2.39. The fourth-order valence-electron chi connectivity index (χ4n) is 3.08. The monoisotopic (exact) mass is 314 g/mol. The number of hydrogen-bond donors (Lipinski definition) is 1. The molecule has 6 heteroatoms. The van der Waals surface area contributed by atoms with Crippen LogP contribution in [0.2, 0.25) is 0 Å². The molecule has 120 valence electrons. The molecule has 0 bridgehead atoms. The van der Waals surface area contributed by atoms with Crippen LogP contribution < -0.4 is 4.74 Å².